The zero-order valence-electron chi connectivity index (χ0n) is 46.1. The third kappa shape index (κ3) is 13.4. The molecule has 10 atom stereocenters. The van der Waals surface area contributed by atoms with Crippen LogP contribution in [-0.4, -0.2) is 132 Å². The van der Waals surface area contributed by atoms with Crippen LogP contribution in [0.2, 0.25) is 0 Å². The number of likely N-dealkylation sites (tertiary alicyclic amines) is 2. The number of carbonyl (C=O) groups excluding carboxylic acids is 8. The number of hydrogen-bond acceptors (Lipinski definition) is 10. The lowest BCUT2D eigenvalue weighted by Gasteiger charge is -2.36. The van der Waals surface area contributed by atoms with Gasteiger partial charge in [-0.25, -0.2) is 0 Å². The highest BCUT2D eigenvalue weighted by molar-refractivity contribution is 5.99. The number of amides is 7. The molecule has 3 aromatic rings. The van der Waals surface area contributed by atoms with E-state index in [9.17, 15) is 38.4 Å². The lowest BCUT2D eigenvalue weighted by molar-refractivity contribution is -0.144. The zero-order valence-corrected chi connectivity index (χ0v) is 46.1. The molecule has 2 saturated heterocycles. The molecule has 0 radical (unpaired) electrons. The van der Waals surface area contributed by atoms with Crippen molar-refractivity contribution in [3.8, 4) is 0 Å². The van der Waals surface area contributed by atoms with Crippen LogP contribution in [0.3, 0.4) is 0 Å². The van der Waals surface area contributed by atoms with Crippen LogP contribution >= 0.6 is 0 Å². The molecule has 7 rings (SSSR count). The molecule has 17 nitrogen and oxygen atoms in total. The number of fused-ring (bicyclic) bond motifs is 2. The van der Waals surface area contributed by atoms with Crippen LogP contribution in [-0.2, 0) is 41.6 Å². The normalized spacial score (nSPS) is 22.9. The van der Waals surface area contributed by atoms with Gasteiger partial charge >= 0.3 is 0 Å². The number of rotatable bonds is 17. The molecule has 0 aromatic heterocycles. The SMILES string of the molecule is CN[C@@H](C)C(=O)N[C@H](C(=O)N1CC(NC(=O)c2ccc(C(=O)N[C@H]3C[C@@H](C(=O)N[C@@H]4CCCc5ccccc54)N(C(=O)[C@@H](NC(=O)[C@H](C)NC)C(C)(C)C)C3)cc2)C[C@H]1C(=O)C[C@@H]1CCCc2ccccc21)C(C)(C)C. The average molecular weight is 1040 g/mol. The van der Waals surface area contributed by atoms with Gasteiger partial charge in [0.1, 0.15) is 18.1 Å². The van der Waals surface area contributed by atoms with E-state index >= 15 is 0 Å². The van der Waals surface area contributed by atoms with Crippen LogP contribution in [0.4, 0.5) is 0 Å². The fraction of sp³-hybridized carbons (Fsp3) is 0.559. The number of hydrogen-bond donors (Lipinski definition) is 7. The maximum Gasteiger partial charge on any atom is 0.251 e. The number of nitrogens with zero attached hydrogens (tertiary/aromatic N) is 2. The van der Waals surface area contributed by atoms with E-state index in [0.717, 1.165) is 49.7 Å². The smallest absolute Gasteiger partial charge is 0.251 e. The number of benzene rings is 3. The molecule has 1 unspecified atom stereocenters. The minimum Gasteiger partial charge on any atom is -0.347 e. The fourth-order valence-electron chi connectivity index (χ4n) is 11.3. The van der Waals surface area contributed by atoms with Crippen LogP contribution in [0.25, 0.3) is 0 Å². The fourth-order valence-corrected chi connectivity index (χ4v) is 11.3. The number of likely N-dealkylation sites (N-methyl/N-ethyl adjacent to an activating group) is 2. The Morgan fingerprint density at radius 3 is 1.49 bits per heavy atom. The van der Waals surface area contributed by atoms with E-state index in [1.165, 1.54) is 40.3 Å². The summed E-state index contributed by atoms with van der Waals surface area (Å²) in [5.74, 6) is -2.89. The van der Waals surface area contributed by atoms with E-state index in [1.54, 1.807) is 32.8 Å². The Morgan fingerprint density at radius 1 is 0.566 bits per heavy atom. The predicted molar refractivity (Wildman–Crippen MR) is 291 cm³/mol. The highest BCUT2D eigenvalue weighted by Crippen LogP contribution is 2.37. The van der Waals surface area contributed by atoms with Crippen LogP contribution in [0.5, 0.6) is 0 Å². The first kappa shape index (κ1) is 57.2. The van der Waals surface area contributed by atoms with E-state index in [-0.39, 0.29) is 78.9 Å². The summed E-state index contributed by atoms with van der Waals surface area (Å²) in [6.07, 6.45) is 5.86. The van der Waals surface area contributed by atoms with Crippen molar-refractivity contribution < 1.29 is 38.4 Å². The molecule has 3 aromatic carbocycles. The lowest BCUT2D eigenvalue weighted by Crippen LogP contribution is -2.59. The minimum atomic E-state index is -0.978. The average Bonchev–Trinajstić information content (AvgIpc) is 4.03. The Kier molecular flexibility index (Phi) is 18.3. The Morgan fingerprint density at radius 2 is 1.00 bits per heavy atom. The van der Waals surface area contributed by atoms with Crippen molar-refractivity contribution in [2.75, 3.05) is 27.2 Å². The van der Waals surface area contributed by atoms with Crippen molar-refractivity contribution in [1.29, 1.82) is 0 Å². The summed E-state index contributed by atoms with van der Waals surface area (Å²) in [6, 6.07) is 16.0. The number of Topliss-reactive ketones (excluding diaryl/α,β-unsaturated/α-hetero) is 1. The highest BCUT2D eigenvalue weighted by atomic mass is 16.2. The molecule has 76 heavy (non-hydrogen) atoms. The van der Waals surface area contributed by atoms with Gasteiger partial charge in [-0.1, -0.05) is 90.1 Å². The third-order valence-corrected chi connectivity index (χ3v) is 16.0. The Labute approximate surface area is 448 Å². The first-order chi connectivity index (χ1) is 36.0. The maximum atomic E-state index is 14.7. The molecule has 7 amide bonds. The summed E-state index contributed by atoms with van der Waals surface area (Å²) in [5, 5.41) is 21.0. The summed E-state index contributed by atoms with van der Waals surface area (Å²) in [4.78, 5) is 116. The zero-order chi connectivity index (χ0) is 55.2. The van der Waals surface area contributed by atoms with Gasteiger partial charge in [-0.05, 0) is 143 Å². The summed E-state index contributed by atoms with van der Waals surface area (Å²) < 4.78 is 0. The molecule has 2 aliphatic heterocycles. The molecule has 7 N–H and O–H groups in total. The van der Waals surface area contributed by atoms with Crippen LogP contribution in [0.1, 0.15) is 155 Å². The second kappa shape index (κ2) is 24.3. The van der Waals surface area contributed by atoms with E-state index < -0.39 is 82.8 Å². The van der Waals surface area contributed by atoms with Crippen molar-refractivity contribution in [3.63, 3.8) is 0 Å². The molecule has 0 bridgehead atoms. The number of ketones is 1. The van der Waals surface area contributed by atoms with Crippen molar-refractivity contribution in [2.24, 2.45) is 10.8 Å². The van der Waals surface area contributed by atoms with Gasteiger partial charge < -0.3 is 47.0 Å². The Balaban J connectivity index is 1.06. The summed E-state index contributed by atoms with van der Waals surface area (Å²) in [5.41, 5.74) is 3.66. The van der Waals surface area contributed by atoms with E-state index in [1.807, 2.05) is 71.9 Å². The third-order valence-electron chi connectivity index (χ3n) is 16.0. The quantitative estimate of drug-likeness (QED) is 0.0992. The predicted octanol–water partition coefficient (Wildman–Crippen LogP) is 4.64. The molecule has 2 aliphatic carbocycles. The Bertz CT molecular complexity index is 2460. The molecular weight excluding hydrogens is 963 g/mol. The van der Waals surface area contributed by atoms with Gasteiger partial charge in [0.15, 0.2) is 5.78 Å². The van der Waals surface area contributed by atoms with Crippen LogP contribution in [0, 0.1) is 10.8 Å². The van der Waals surface area contributed by atoms with Gasteiger partial charge in [-0.15, -0.1) is 0 Å². The summed E-state index contributed by atoms with van der Waals surface area (Å²) in [7, 11) is 3.32. The maximum absolute atomic E-state index is 14.7. The molecule has 410 valence electrons. The molecule has 2 fully saturated rings. The number of nitrogens with one attached hydrogen (secondary N) is 7. The molecule has 0 saturated carbocycles. The monoisotopic (exact) mass is 1040 g/mol. The van der Waals surface area contributed by atoms with Crippen molar-refractivity contribution in [1.82, 2.24) is 47.0 Å². The topological polar surface area (TPSA) is 227 Å². The second-order valence-electron chi connectivity index (χ2n) is 23.6. The number of carbonyl (C=O) groups is 8. The molecule has 4 aliphatic rings. The van der Waals surface area contributed by atoms with Crippen LogP contribution in [0.15, 0.2) is 72.8 Å². The lowest BCUT2D eigenvalue weighted by atomic mass is 9.79. The minimum absolute atomic E-state index is 0.00161. The van der Waals surface area contributed by atoms with E-state index in [4.69, 9.17) is 0 Å². The van der Waals surface area contributed by atoms with Crippen molar-refractivity contribution >= 4 is 47.1 Å². The standard InChI is InChI=1S/C59H81N9O8/c1-34(60-9)51(70)65-49(58(3,4)5)56(75)67-32-41(30-46(67)48(69)29-40-21-15-19-36-17-11-13-22-43(36)40)62-53(72)38-25-27-39(28-26-38)54(73)63-42-31-47(55(74)64-45-24-16-20-37-18-12-14-23-44(37)45)68(33-42)57(76)50(59(6,7)8)66-52(71)35(2)61-10/h11-14,17-18,22-23,25-28,34-35,40-42,45-47,49-50,60-61H,15-16,19-21,24,29-33H2,1-10H3,(H,62,72)(H,63,73)(H,64,74)(H,65,70)(H,66,71)/t34-,35-,40-,41?,42-,45+,46-,47-,49+,50+/m0/s1. The van der Waals surface area contributed by atoms with Gasteiger partial charge in [-0.2, -0.15) is 0 Å². The van der Waals surface area contributed by atoms with Crippen LogP contribution < -0.4 is 37.2 Å². The van der Waals surface area contributed by atoms with Gasteiger partial charge in [0.2, 0.25) is 29.5 Å². The van der Waals surface area contributed by atoms with Gasteiger partial charge in [0.05, 0.1) is 24.2 Å². The van der Waals surface area contributed by atoms with Crippen molar-refractivity contribution in [2.45, 2.75) is 173 Å². The van der Waals surface area contributed by atoms with Crippen molar-refractivity contribution in [3.05, 3.63) is 106 Å². The first-order valence-electron chi connectivity index (χ1n) is 27.3. The second-order valence-corrected chi connectivity index (χ2v) is 23.6. The molecular formula is C59H81N9O8. The van der Waals surface area contributed by atoms with Gasteiger partial charge in [-0.3, -0.25) is 38.4 Å². The highest BCUT2D eigenvalue weighted by Gasteiger charge is 2.48. The Hall–Kier alpha value is -6.46. The largest absolute Gasteiger partial charge is 0.347 e. The first-order valence-corrected chi connectivity index (χ1v) is 27.3. The molecule has 2 heterocycles. The molecule has 17 heteroatoms. The van der Waals surface area contributed by atoms with E-state index in [2.05, 4.69) is 55.4 Å². The summed E-state index contributed by atoms with van der Waals surface area (Å²) in [6.45, 7) is 14.6. The molecule has 0 spiro atoms. The number of aryl methyl sites for hydroxylation is 2. The van der Waals surface area contributed by atoms with Gasteiger partial charge in [0.25, 0.3) is 11.8 Å². The van der Waals surface area contributed by atoms with E-state index in [0.29, 0.717) is 0 Å². The van der Waals surface area contributed by atoms with Gasteiger partial charge in [0, 0.05) is 42.7 Å². The summed E-state index contributed by atoms with van der Waals surface area (Å²) >= 11 is 0.